The third kappa shape index (κ3) is 3.65. The molecule has 4 aliphatic rings. The Kier molecular flexibility index (Phi) is 5.78. The normalized spacial score (nSPS) is 46.5. The first-order valence-electron chi connectivity index (χ1n) is 12.7. The molecule has 0 amide bonds. The van der Waals surface area contributed by atoms with Gasteiger partial charge >= 0.3 is 0 Å². The van der Waals surface area contributed by atoms with E-state index in [1.54, 1.807) is 5.57 Å². The minimum Gasteiger partial charge on any atom is -0.393 e. The summed E-state index contributed by atoms with van der Waals surface area (Å²) in [6, 6.07) is 0. The number of allylic oxidation sites excluding steroid dienone is 1. The quantitative estimate of drug-likeness (QED) is 0.515. The molecule has 0 unspecified atom stereocenters. The molecule has 3 fully saturated rings. The molecule has 0 aromatic heterocycles. The monoisotopic (exact) mass is 402 g/mol. The molecular formula is C27H46O2. The SMILES string of the molecule is CC(C)CCC[C@](C)(O)[C@H]1CC[C@H]2[C@@H]3CC=C4C[C@H](O)CC[C@]4(C)[C@H]3CC[C@@]21C. The molecule has 0 radical (unpaired) electrons. The summed E-state index contributed by atoms with van der Waals surface area (Å²) in [4.78, 5) is 0. The molecule has 0 aromatic carbocycles. The molecule has 8 atom stereocenters. The van der Waals surface area contributed by atoms with E-state index in [1.807, 2.05) is 0 Å². The summed E-state index contributed by atoms with van der Waals surface area (Å²) in [5.41, 5.74) is 1.68. The number of hydrogen-bond acceptors (Lipinski definition) is 2. The lowest BCUT2D eigenvalue weighted by Gasteiger charge is -2.59. The van der Waals surface area contributed by atoms with E-state index in [4.69, 9.17) is 0 Å². The van der Waals surface area contributed by atoms with E-state index in [9.17, 15) is 10.2 Å². The van der Waals surface area contributed by atoms with E-state index in [0.717, 1.165) is 49.4 Å². The molecule has 2 nitrogen and oxygen atoms in total. The van der Waals surface area contributed by atoms with Gasteiger partial charge in [-0.1, -0.05) is 52.2 Å². The number of fused-ring (bicyclic) bond motifs is 5. The van der Waals surface area contributed by atoms with Gasteiger partial charge in [0.25, 0.3) is 0 Å². The fourth-order valence-electron chi connectivity index (χ4n) is 8.71. The second kappa shape index (κ2) is 7.66. The maximum atomic E-state index is 11.6. The zero-order valence-electron chi connectivity index (χ0n) is 19.7. The molecular weight excluding hydrogens is 356 g/mol. The third-order valence-electron chi connectivity index (χ3n) is 10.3. The Morgan fingerprint density at radius 3 is 2.59 bits per heavy atom. The first-order valence-corrected chi connectivity index (χ1v) is 12.7. The van der Waals surface area contributed by atoms with E-state index in [0.29, 0.717) is 16.7 Å². The predicted octanol–water partition coefficient (Wildman–Crippen LogP) is 6.50. The topological polar surface area (TPSA) is 40.5 Å². The van der Waals surface area contributed by atoms with Crippen molar-refractivity contribution in [1.82, 2.24) is 0 Å². The highest BCUT2D eigenvalue weighted by atomic mass is 16.3. The van der Waals surface area contributed by atoms with Crippen molar-refractivity contribution in [2.75, 3.05) is 0 Å². The van der Waals surface area contributed by atoms with Crippen molar-refractivity contribution in [3.63, 3.8) is 0 Å². The van der Waals surface area contributed by atoms with Crippen LogP contribution in [-0.4, -0.2) is 21.9 Å². The second-order valence-electron chi connectivity index (χ2n) is 12.5. The Morgan fingerprint density at radius 2 is 1.86 bits per heavy atom. The first kappa shape index (κ1) is 21.9. The smallest absolute Gasteiger partial charge is 0.0653 e. The predicted molar refractivity (Wildman–Crippen MR) is 121 cm³/mol. The van der Waals surface area contributed by atoms with Crippen LogP contribution in [0.5, 0.6) is 0 Å². The molecule has 3 saturated carbocycles. The lowest BCUT2D eigenvalue weighted by atomic mass is 9.46. The molecule has 0 bridgehead atoms. The summed E-state index contributed by atoms with van der Waals surface area (Å²) in [6.07, 6.45) is 15.2. The van der Waals surface area contributed by atoms with Gasteiger partial charge in [-0.3, -0.25) is 0 Å². The summed E-state index contributed by atoms with van der Waals surface area (Å²) >= 11 is 0. The standard InChI is InChI=1S/C27H46O2/c1-18(2)7-6-14-27(5,29)24-11-10-22-21-9-8-19-17-20(28)12-15-25(19,3)23(21)13-16-26(22,24)4/h8,18,20-24,28-29H,6-7,9-17H2,1-5H3/t20-,21+,22+,23+,24+,25+,26+,27+/m1/s1. The van der Waals surface area contributed by atoms with Crippen molar-refractivity contribution in [1.29, 1.82) is 0 Å². The zero-order chi connectivity index (χ0) is 21.0. The summed E-state index contributed by atoms with van der Waals surface area (Å²) in [7, 11) is 0. The Bertz CT molecular complexity index is 634. The fourth-order valence-corrected chi connectivity index (χ4v) is 8.71. The van der Waals surface area contributed by atoms with Crippen LogP contribution in [0, 0.1) is 40.4 Å². The van der Waals surface area contributed by atoms with Gasteiger partial charge in [0.1, 0.15) is 0 Å². The lowest BCUT2D eigenvalue weighted by Crippen LogP contribution is -2.53. The molecule has 0 spiro atoms. The summed E-state index contributed by atoms with van der Waals surface area (Å²) < 4.78 is 0. The van der Waals surface area contributed by atoms with Crippen molar-refractivity contribution in [3.05, 3.63) is 11.6 Å². The molecule has 0 aromatic rings. The minimum absolute atomic E-state index is 0.114. The van der Waals surface area contributed by atoms with Crippen LogP contribution in [-0.2, 0) is 0 Å². The van der Waals surface area contributed by atoms with Gasteiger partial charge in [0, 0.05) is 0 Å². The molecule has 2 N–H and O–H groups in total. The van der Waals surface area contributed by atoms with Gasteiger partial charge in [-0.25, -0.2) is 0 Å². The Balaban J connectivity index is 1.53. The van der Waals surface area contributed by atoms with E-state index >= 15 is 0 Å². The Morgan fingerprint density at radius 1 is 1.10 bits per heavy atom. The summed E-state index contributed by atoms with van der Waals surface area (Å²) in [6.45, 7) is 11.8. The van der Waals surface area contributed by atoms with Gasteiger partial charge in [-0.05, 0) is 105 Å². The van der Waals surface area contributed by atoms with Crippen molar-refractivity contribution in [3.8, 4) is 0 Å². The molecule has 0 saturated heterocycles. The Hall–Kier alpha value is -0.340. The van der Waals surface area contributed by atoms with Crippen molar-refractivity contribution in [2.24, 2.45) is 40.4 Å². The van der Waals surface area contributed by atoms with Gasteiger partial charge in [0.2, 0.25) is 0 Å². The number of rotatable bonds is 5. The summed E-state index contributed by atoms with van der Waals surface area (Å²) in [5, 5.41) is 21.8. The van der Waals surface area contributed by atoms with Crippen LogP contribution in [0.4, 0.5) is 0 Å². The third-order valence-corrected chi connectivity index (χ3v) is 10.3. The molecule has 4 aliphatic carbocycles. The first-order chi connectivity index (χ1) is 13.6. The number of aliphatic hydroxyl groups excluding tert-OH is 1. The van der Waals surface area contributed by atoms with E-state index in [1.165, 1.54) is 44.9 Å². The highest BCUT2D eigenvalue weighted by Gasteiger charge is 2.61. The van der Waals surface area contributed by atoms with Gasteiger partial charge in [-0.2, -0.15) is 0 Å². The number of aliphatic hydroxyl groups is 2. The van der Waals surface area contributed by atoms with Crippen molar-refractivity contribution >= 4 is 0 Å². The maximum absolute atomic E-state index is 11.6. The molecule has 166 valence electrons. The highest BCUT2D eigenvalue weighted by Crippen LogP contribution is 2.67. The number of hydrogen-bond donors (Lipinski definition) is 2. The minimum atomic E-state index is -0.514. The fraction of sp³-hybridized carbons (Fsp3) is 0.926. The van der Waals surface area contributed by atoms with E-state index in [2.05, 4.69) is 40.7 Å². The van der Waals surface area contributed by atoms with Crippen LogP contribution in [0.25, 0.3) is 0 Å². The van der Waals surface area contributed by atoms with Crippen LogP contribution >= 0.6 is 0 Å². The Labute approximate surface area is 179 Å². The van der Waals surface area contributed by atoms with Crippen LogP contribution in [0.1, 0.15) is 105 Å². The van der Waals surface area contributed by atoms with E-state index < -0.39 is 5.60 Å². The molecule has 0 heterocycles. The largest absolute Gasteiger partial charge is 0.393 e. The molecule has 4 rings (SSSR count). The average Bonchev–Trinajstić information content (AvgIpc) is 3.00. The molecule has 29 heavy (non-hydrogen) atoms. The zero-order valence-corrected chi connectivity index (χ0v) is 19.7. The van der Waals surface area contributed by atoms with Gasteiger partial charge in [0.15, 0.2) is 0 Å². The summed E-state index contributed by atoms with van der Waals surface area (Å²) in [5.74, 6) is 3.53. The lowest BCUT2D eigenvalue weighted by molar-refractivity contribution is -0.105. The maximum Gasteiger partial charge on any atom is 0.0653 e. The van der Waals surface area contributed by atoms with Crippen molar-refractivity contribution in [2.45, 2.75) is 117 Å². The van der Waals surface area contributed by atoms with E-state index in [-0.39, 0.29) is 6.10 Å². The highest BCUT2D eigenvalue weighted by molar-refractivity contribution is 5.25. The van der Waals surface area contributed by atoms with Crippen LogP contribution < -0.4 is 0 Å². The second-order valence-corrected chi connectivity index (χ2v) is 12.5. The van der Waals surface area contributed by atoms with Crippen LogP contribution in [0.2, 0.25) is 0 Å². The van der Waals surface area contributed by atoms with Gasteiger partial charge in [0.05, 0.1) is 11.7 Å². The van der Waals surface area contributed by atoms with Gasteiger partial charge < -0.3 is 10.2 Å². The average molecular weight is 403 g/mol. The molecule has 2 heteroatoms. The van der Waals surface area contributed by atoms with Crippen molar-refractivity contribution < 1.29 is 10.2 Å². The van der Waals surface area contributed by atoms with Crippen LogP contribution in [0.15, 0.2) is 11.6 Å². The van der Waals surface area contributed by atoms with Gasteiger partial charge in [-0.15, -0.1) is 0 Å². The molecule has 0 aliphatic heterocycles. The van der Waals surface area contributed by atoms with Crippen LogP contribution in [0.3, 0.4) is 0 Å².